The number of nitrogens with one attached hydrogen (secondary N) is 1. The van der Waals surface area contributed by atoms with Crippen molar-refractivity contribution in [2.24, 2.45) is 5.92 Å². The minimum Gasteiger partial charge on any atom is -0.312 e. The van der Waals surface area contributed by atoms with Crippen LogP contribution in [0.5, 0.6) is 0 Å². The molecule has 0 spiro atoms. The molecule has 0 aliphatic rings. The molecule has 0 saturated carbocycles. The van der Waals surface area contributed by atoms with Gasteiger partial charge in [0.15, 0.2) is 0 Å². The average molecular weight is 230 g/mol. The van der Waals surface area contributed by atoms with Crippen molar-refractivity contribution in [3.63, 3.8) is 0 Å². The lowest BCUT2D eigenvalue weighted by Gasteiger charge is -2.11. The van der Waals surface area contributed by atoms with E-state index in [1.807, 2.05) is 29.2 Å². The fourth-order valence-electron chi connectivity index (χ4n) is 1.69. The Morgan fingerprint density at radius 1 is 1.35 bits per heavy atom. The first-order chi connectivity index (χ1) is 8.27. The topological polar surface area (TPSA) is 42.7 Å². The summed E-state index contributed by atoms with van der Waals surface area (Å²) in [6.45, 7) is 6.23. The SMILES string of the molecule is CC(C)CNCc1cnccc1-n1cccn1. The Morgan fingerprint density at radius 2 is 2.24 bits per heavy atom. The van der Waals surface area contributed by atoms with Crippen molar-refractivity contribution < 1.29 is 0 Å². The van der Waals surface area contributed by atoms with Gasteiger partial charge in [-0.3, -0.25) is 4.98 Å². The Morgan fingerprint density at radius 3 is 2.94 bits per heavy atom. The normalized spacial score (nSPS) is 11.0. The van der Waals surface area contributed by atoms with Gasteiger partial charge in [0, 0.05) is 36.9 Å². The van der Waals surface area contributed by atoms with Crippen molar-refractivity contribution in [2.45, 2.75) is 20.4 Å². The number of nitrogens with zero attached hydrogens (tertiary/aromatic N) is 3. The van der Waals surface area contributed by atoms with Crippen molar-refractivity contribution in [1.29, 1.82) is 0 Å². The maximum Gasteiger partial charge on any atom is 0.0721 e. The van der Waals surface area contributed by atoms with Crippen molar-refractivity contribution in [3.8, 4) is 5.69 Å². The lowest BCUT2D eigenvalue weighted by Crippen LogP contribution is -2.20. The van der Waals surface area contributed by atoms with Crippen LogP contribution >= 0.6 is 0 Å². The molecule has 0 amide bonds. The summed E-state index contributed by atoms with van der Waals surface area (Å²) in [6.07, 6.45) is 7.42. The lowest BCUT2D eigenvalue weighted by molar-refractivity contribution is 0.550. The summed E-state index contributed by atoms with van der Waals surface area (Å²) >= 11 is 0. The number of aromatic nitrogens is 3. The summed E-state index contributed by atoms with van der Waals surface area (Å²) < 4.78 is 1.87. The van der Waals surface area contributed by atoms with E-state index in [4.69, 9.17) is 0 Å². The van der Waals surface area contributed by atoms with Gasteiger partial charge in [-0.05, 0) is 24.6 Å². The molecule has 0 fully saturated rings. The molecule has 90 valence electrons. The highest BCUT2D eigenvalue weighted by Crippen LogP contribution is 2.11. The molecule has 0 saturated heterocycles. The third-order valence-electron chi connectivity index (χ3n) is 2.50. The number of hydrogen-bond donors (Lipinski definition) is 1. The van der Waals surface area contributed by atoms with Crippen LogP contribution in [-0.2, 0) is 6.54 Å². The lowest BCUT2D eigenvalue weighted by atomic mass is 10.2. The van der Waals surface area contributed by atoms with E-state index in [1.54, 1.807) is 12.4 Å². The fourth-order valence-corrected chi connectivity index (χ4v) is 1.69. The largest absolute Gasteiger partial charge is 0.312 e. The van der Waals surface area contributed by atoms with Crippen LogP contribution in [0.1, 0.15) is 19.4 Å². The van der Waals surface area contributed by atoms with Crippen molar-refractivity contribution in [2.75, 3.05) is 6.54 Å². The molecule has 0 aliphatic heterocycles. The van der Waals surface area contributed by atoms with Crippen molar-refractivity contribution in [1.82, 2.24) is 20.1 Å². The highest BCUT2D eigenvalue weighted by Gasteiger charge is 2.04. The first-order valence-electron chi connectivity index (χ1n) is 5.91. The van der Waals surface area contributed by atoms with E-state index in [0.29, 0.717) is 5.92 Å². The summed E-state index contributed by atoms with van der Waals surface area (Å²) in [5, 5.41) is 7.67. The average Bonchev–Trinajstić information content (AvgIpc) is 2.82. The van der Waals surface area contributed by atoms with Gasteiger partial charge in [-0.1, -0.05) is 13.8 Å². The van der Waals surface area contributed by atoms with Crippen LogP contribution in [0.2, 0.25) is 0 Å². The molecule has 2 heterocycles. The van der Waals surface area contributed by atoms with Gasteiger partial charge >= 0.3 is 0 Å². The molecule has 0 aromatic carbocycles. The molecule has 0 unspecified atom stereocenters. The minimum atomic E-state index is 0.653. The second-order valence-corrected chi connectivity index (χ2v) is 4.48. The predicted molar refractivity (Wildman–Crippen MR) is 67.9 cm³/mol. The quantitative estimate of drug-likeness (QED) is 0.854. The minimum absolute atomic E-state index is 0.653. The number of hydrogen-bond acceptors (Lipinski definition) is 3. The standard InChI is InChI=1S/C13H18N4/c1-11(2)8-15-10-12-9-14-6-4-13(12)17-7-3-5-16-17/h3-7,9,11,15H,8,10H2,1-2H3. The van der Waals surface area contributed by atoms with Crippen LogP contribution in [0.3, 0.4) is 0 Å². The van der Waals surface area contributed by atoms with Crippen LogP contribution in [-0.4, -0.2) is 21.3 Å². The Hall–Kier alpha value is -1.68. The molecule has 0 bridgehead atoms. The first kappa shape index (κ1) is 11.8. The van der Waals surface area contributed by atoms with E-state index >= 15 is 0 Å². The van der Waals surface area contributed by atoms with Crippen LogP contribution in [0, 0.1) is 5.92 Å². The number of pyridine rings is 1. The second-order valence-electron chi connectivity index (χ2n) is 4.48. The van der Waals surface area contributed by atoms with Gasteiger partial charge in [-0.2, -0.15) is 5.10 Å². The van der Waals surface area contributed by atoms with Crippen LogP contribution in [0.15, 0.2) is 36.9 Å². The predicted octanol–water partition coefficient (Wildman–Crippen LogP) is 2.01. The summed E-state index contributed by atoms with van der Waals surface area (Å²) in [6, 6.07) is 3.91. The Labute approximate surface area is 102 Å². The Balaban J connectivity index is 2.11. The van der Waals surface area contributed by atoms with Crippen molar-refractivity contribution in [3.05, 3.63) is 42.5 Å². The fraction of sp³-hybridized carbons (Fsp3) is 0.385. The zero-order valence-electron chi connectivity index (χ0n) is 10.3. The molecule has 0 radical (unpaired) electrons. The third-order valence-corrected chi connectivity index (χ3v) is 2.50. The summed E-state index contributed by atoms with van der Waals surface area (Å²) in [4.78, 5) is 4.17. The van der Waals surface area contributed by atoms with E-state index in [0.717, 1.165) is 24.3 Å². The van der Waals surface area contributed by atoms with E-state index in [1.165, 1.54) is 0 Å². The second kappa shape index (κ2) is 5.59. The zero-order valence-corrected chi connectivity index (χ0v) is 10.3. The highest BCUT2D eigenvalue weighted by molar-refractivity contribution is 5.37. The Kier molecular flexibility index (Phi) is 3.88. The summed E-state index contributed by atoms with van der Waals surface area (Å²) in [5.74, 6) is 0.653. The summed E-state index contributed by atoms with van der Waals surface area (Å²) in [5.41, 5.74) is 2.25. The molecule has 4 nitrogen and oxygen atoms in total. The van der Waals surface area contributed by atoms with Crippen molar-refractivity contribution >= 4 is 0 Å². The van der Waals surface area contributed by atoms with E-state index < -0.39 is 0 Å². The molecular weight excluding hydrogens is 212 g/mol. The van der Waals surface area contributed by atoms with Crippen LogP contribution < -0.4 is 5.32 Å². The third kappa shape index (κ3) is 3.14. The Bertz CT molecular complexity index is 448. The summed E-state index contributed by atoms with van der Waals surface area (Å²) in [7, 11) is 0. The van der Waals surface area contributed by atoms with Gasteiger partial charge in [0.1, 0.15) is 0 Å². The number of rotatable bonds is 5. The maximum atomic E-state index is 4.25. The van der Waals surface area contributed by atoms with Gasteiger partial charge in [-0.25, -0.2) is 4.68 Å². The zero-order chi connectivity index (χ0) is 12.1. The van der Waals surface area contributed by atoms with Crippen LogP contribution in [0.25, 0.3) is 5.69 Å². The monoisotopic (exact) mass is 230 g/mol. The van der Waals surface area contributed by atoms with Gasteiger partial charge in [-0.15, -0.1) is 0 Å². The van der Waals surface area contributed by atoms with Gasteiger partial charge in [0.05, 0.1) is 5.69 Å². The molecule has 2 rings (SSSR count). The van der Waals surface area contributed by atoms with Gasteiger partial charge in [0.25, 0.3) is 0 Å². The molecule has 4 heteroatoms. The van der Waals surface area contributed by atoms with E-state index in [-0.39, 0.29) is 0 Å². The first-order valence-corrected chi connectivity index (χ1v) is 5.91. The van der Waals surface area contributed by atoms with E-state index in [9.17, 15) is 0 Å². The molecule has 2 aromatic heterocycles. The van der Waals surface area contributed by atoms with Gasteiger partial charge < -0.3 is 5.32 Å². The smallest absolute Gasteiger partial charge is 0.0721 e. The van der Waals surface area contributed by atoms with Gasteiger partial charge in [0.2, 0.25) is 0 Å². The molecule has 2 aromatic rings. The molecule has 17 heavy (non-hydrogen) atoms. The maximum absolute atomic E-state index is 4.25. The molecule has 1 N–H and O–H groups in total. The molecular formula is C13H18N4. The highest BCUT2D eigenvalue weighted by atomic mass is 15.3. The van der Waals surface area contributed by atoms with Crippen LogP contribution in [0.4, 0.5) is 0 Å². The molecule has 0 atom stereocenters. The molecule has 0 aliphatic carbocycles. The van der Waals surface area contributed by atoms with E-state index in [2.05, 4.69) is 29.2 Å².